The van der Waals surface area contributed by atoms with E-state index in [1.54, 1.807) is 0 Å². The average molecular weight is 322 g/mol. The number of nitrogens with two attached hydrogens (primary N) is 1. The minimum absolute atomic E-state index is 0.0775. The molecule has 0 aromatic carbocycles. The van der Waals surface area contributed by atoms with Crippen LogP contribution in [0.15, 0.2) is 15.1 Å². The van der Waals surface area contributed by atoms with Crippen LogP contribution in [-0.2, 0) is 0 Å². The first-order valence-corrected chi connectivity index (χ1v) is 4.77. The Balaban J connectivity index is 2.96. The van der Waals surface area contributed by atoms with Gasteiger partial charge >= 0.3 is 6.18 Å². The van der Waals surface area contributed by atoms with Gasteiger partial charge in [0, 0.05) is 5.69 Å². The maximum absolute atomic E-state index is 12.1. The van der Waals surface area contributed by atoms with Crippen LogP contribution in [-0.4, -0.2) is 11.2 Å². The molecule has 1 rings (SSSR count). The Bertz CT molecular complexity index is 288. The van der Waals surface area contributed by atoms with Crippen LogP contribution >= 0.6 is 31.9 Å². The van der Waals surface area contributed by atoms with Crippen molar-refractivity contribution in [3.8, 4) is 0 Å². The van der Waals surface area contributed by atoms with Crippen molar-refractivity contribution in [2.45, 2.75) is 12.2 Å². The number of nitrogens with one attached hydrogen (secondary N) is 1. The largest absolute Gasteiger partial charge is 0.409 e. The lowest BCUT2D eigenvalue weighted by molar-refractivity contribution is -0.149. The molecule has 0 bridgehead atoms. The number of hydrogen-bond acceptors (Lipinski definition) is 1. The molecule has 0 aliphatic rings. The van der Waals surface area contributed by atoms with Crippen LogP contribution in [0.25, 0.3) is 0 Å². The van der Waals surface area contributed by atoms with Gasteiger partial charge in [-0.3, -0.25) is 0 Å². The summed E-state index contributed by atoms with van der Waals surface area (Å²) in [6.07, 6.45) is -4.43. The van der Waals surface area contributed by atoms with Gasteiger partial charge in [0.05, 0.1) is 9.08 Å². The Hall–Kier alpha value is -0.0100. The highest BCUT2D eigenvalue weighted by Crippen LogP contribution is 2.33. The summed E-state index contributed by atoms with van der Waals surface area (Å²) >= 11 is 6.08. The number of hydrogen-bond donors (Lipinski definition) is 2. The predicted octanol–water partition coefficient (Wildman–Crippen LogP) is 3.10. The standard InChI is InChI=1S/C6H5Br2F3N2/c7-2-1-3(13-5(2)8)4(12)6(9,10)11/h1,4,13H,12H2/t4-/m0/s1. The summed E-state index contributed by atoms with van der Waals surface area (Å²) in [5.74, 6) is 0. The molecule has 1 atom stereocenters. The number of rotatable bonds is 1. The first-order valence-electron chi connectivity index (χ1n) is 3.18. The van der Waals surface area contributed by atoms with Crippen molar-refractivity contribution >= 4 is 31.9 Å². The molecule has 0 amide bonds. The quantitative estimate of drug-likeness (QED) is 0.820. The molecule has 0 aliphatic heterocycles. The van der Waals surface area contributed by atoms with E-state index < -0.39 is 12.2 Å². The van der Waals surface area contributed by atoms with Crippen molar-refractivity contribution in [2.75, 3.05) is 0 Å². The third-order valence-corrected chi connectivity index (χ3v) is 3.22. The highest BCUT2D eigenvalue weighted by Gasteiger charge is 2.38. The molecule has 0 fully saturated rings. The van der Waals surface area contributed by atoms with Crippen molar-refractivity contribution in [1.82, 2.24) is 4.98 Å². The van der Waals surface area contributed by atoms with E-state index in [0.29, 0.717) is 9.08 Å². The smallest absolute Gasteiger partial charge is 0.351 e. The van der Waals surface area contributed by atoms with Gasteiger partial charge in [-0.15, -0.1) is 0 Å². The Labute approximate surface area is 88.9 Å². The third-order valence-electron chi connectivity index (χ3n) is 1.43. The van der Waals surface area contributed by atoms with E-state index in [1.807, 2.05) is 0 Å². The van der Waals surface area contributed by atoms with Crippen LogP contribution < -0.4 is 5.73 Å². The molecule has 0 radical (unpaired) electrons. The summed E-state index contributed by atoms with van der Waals surface area (Å²) in [4.78, 5) is 2.48. The molecule has 1 aromatic heterocycles. The molecule has 3 N–H and O–H groups in total. The lowest BCUT2D eigenvalue weighted by atomic mass is 10.2. The average Bonchev–Trinajstić information content (AvgIpc) is 2.29. The number of H-pyrrole nitrogens is 1. The van der Waals surface area contributed by atoms with Crippen molar-refractivity contribution in [1.29, 1.82) is 0 Å². The molecule has 1 heterocycles. The van der Waals surface area contributed by atoms with Crippen LogP contribution in [0.2, 0.25) is 0 Å². The molecule has 0 saturated heterocycles. The van der Waals surface area contributed by atoms with Crippen molar-refractivity contribution in [3.05, 3.63) is 20.8 Å². The fourth-order valence-electron chi connectivity index (χ4n) is 0.766. The Morgan fingerprint density at radius 3 is 2.23 bits per heavy atom. The van der Waals surface area contributed by atoms with E-state index in [9.17, 15) is 13.2 Å². The second kappa shape index (κ2) is 3.62. The van der Waals surface area contributed by atoms with Gasteiger partial charge in [-0.1, -0.05) is 0 Å². The molecule has 0 saturated carbocycles. The molecule has 13 heavy (non-hydrogen) atoms. The maximum Gasteiger partial charge on any atom is 0.409 e. The number of aromatic nitrogens is 1. The Morgan fingerprint density at radius 1 is 1.38 bits per heavy atom. The van der Waals surface area contributed by atoms with Crippen LogP contribution in [0.3, 0.4) is 0 Å². The van der Waals surface area contributed by atoms with Gasteiger partial charge in [-0.05, 0) is 37.9 Å². The minimum Gasteiger partial charge on any atom is -0.351 e. The van der Waals surface area contributed by atoms with Crippen LogP contribution in [0.5, 0.6) is 0 Å². The molecular formula is C6H5Br2F3N2. The van der Waals surface area contributed by atoms with Gasteiger partial charge < -0.3 is 10.7 Å². The normalized spacial score (nSPS) is 14.6. The lowest BCUT2D eigenvalue weighted by Crippen LogP contribution is -2.28. The van der Waals surface area contributed by atoms with Crippen molar-refractivity contribution < 1.29 is 13.2 Å². The fraction of sp³-hybridized carbons (Fsp3) is 0.333. The monoisotopic (exact) mass is 320 g/mol. The SMILES string of the molecule is N[C@@H](c1cc(Br)c(Br)[nH]1)C(F)(F)F. The zero-order chi connectivity index (χ0) is 10.2. The predicted molar refractivity (Wildman–Crippen MR) is 49.2 cm³/mol. The first-order chi connectivity index (χ1) is 5.82. The van der Waals surface area contributed by atoms with E-state index >= 15 is 0 Å². The zero-order valence-corrected chi connectivity index (χ0v) is 9.29. The zero-order valence-electron chi connectivity index (χ0n) is 6.12. The van der Waals surface area contributed by atoms with Crippen molar-refractivity contribution in [2.24, 2.45) is 5.73 Å². The molecular weight excluding hydrogens is 317 g/mol. The summed E-state index contributed by atoms with van der Waals surface area (Å²) in [7, 11) is 0. The van der Waals surface area contributed by atoms with Crippen molar-refractivity contribution in [3.63, 3.8) is 0 Å². The summed E-state index contributed by atoms with van der Waals surface area (Å²) in [6.45, 7) is 0. The van der Waals surface area contributed by atoms with Gasteiger partial charge in [0.15, 0.2) is 0 Å². The fourth-order valence-corrected chi connectivity index (χ4v) is 1.46. The Kier molecular flexibility index (Phi) is 3.09. The summed E-state index contributed by atoms with van der Waals surface area (Å²) in [5.41, 5.74) is 4.88. The third kappa shape index (κ3) is 2.47. The van der Waals surface area contributed by atoms with Crippen LogP contribution in [0, 0.1) is 0 Å². The van der Waals surface area contributed by atoms with Gasteiger partial charge in [-0.25, -0.2) is 0 Å². The van der Waals surface area contributed by atoms with E-state index in [-0.39, 0.29) is 5.69 Å². The summed E-state index contributed by atoms with van der Waals surface area (Å²) in [5, 5.41) is 0. The summed E-state index contributed by atoms with van der Waals surface area (Å²) in [6, 6.07) is -0.683. The van der Waals surface area contributed by atoms with E-state index in [0.717, 1.165) is 0 Å². The second-order valence-electron chi connectivity index (χ2n) is 2.41. The van der Waals surface area contributed by atoms with Gasteiger partial charge in [0.25, 0.3) is 0 Å². The molecule has 0 spiro atoms. The molecule has 0 unspecified atom stereocenters. The van der Waals surface area contributed by atoms with Crippen LogP contribution in [0.1, 0.15) is 11.7 Å². The highest BCUT2D eigenvalue weighted by molar-refractivity contribution is 9.13. The summed E-state index contributed by atoms with van der Waals surface area (Å²) < 4.78 is 37.3. The molecule has 2 nitrogen and oxygen atoms in total. The topological polar surface area (TPSA) is 41.8 Å². The molecule has 1 aromatic rings. The van der Waals surface area contributed by atoms with Gasteiger partial charge in [0.2, 0.25) is 0 Å². The maximum atomic E-state index is 12.1. The van der Waals surface area contributed by atoms with E-state index in [4.69, 9.17) is 5.73 Å². The number of alkyl halides is 3. The first kappa shape index (κ1) is 11.1. The highest BCUT2D eigenvalue weighted by atomic mass is 79.9. The number of aromatic amines is 1. The van der Waals surface area contributed by atoms with Gasteiger partial charge in [-0.2, -0.15) is 13.2 Å². The number of halogens is 5. The van der Waals surface area contributed by atoms with E-state index in [2.05, 4.69) is 36.8 Å². The second-order valence-corrected chi connectivity index (χ2v) is 4.05. The van der Waals surface area contributed by atoms with E-state index in [1.165, 1.54) is 6.07 Å². The van der Waals surface area contributed by atoms with Gasteiger partial charge in [0.1, 0.15) is 6.04 Å². The van der Waals surface area contributed by atoms with Crippen LogP contribution in [0.4, 0.5) is 13.2 Å². The Morgan fingerprint density at radius 2 is 1.92 bits per heavy atom. The minimum atomic E-state index is -4.43. The molecule has 7 heteroatoms. The lowest BCUT2D eigenvalue weighted by Gasteiger charge is -2.13. The molecule has 0 aliphatic carbocycles. The molecule has 74 valence electrons.